The van der Waals surface area contributed by atoms with Crippen molar-refractivity contribution in [2.45, 2.75) is 0 Å². The maximum absolute atomic E-state index is 10.1. The van der Waals surface area contributed by atoms with E-state index in [9.17, 15) is 9.70 Å². The number of hydrogen-bond donors (Lipinski definition) is 1. The minimum atomic E-state index is 0.512. The second kappa shape index (κ2) is 4.18. The van der Waals surface area contributed by atoms with Crippen molar-refractivity contribution >= 4 is 18.0 Å². The lowest BCUT2D eigenvalue weighted by atomic mass is 10.2. The van der Waals surface area contributed by atoms with Crippen LogP contribution < -0.4 is 5.18 Å². The van der Waals surface area contributed by atoms with E-state index in [1.807, 2.05) is 0 Å². The first-order valence-electron chi connectivity index (χ1n) is 3.47. The molecule has 12 heavy (non-hydrogen) atoms. The summed E-state index contributed by atoms with van der Waals surface area (Å²) in [6.07, 6.45) is 3.78. The Morgan fingerprint density at radius 3 is 2.33 bits per heavy atom. The lowest BCUT2D eigenvalue weighted by molar-refractivity contribution is -0.379. The van der Waals surface area contributed by atoms with Crippen molar-refractivity contribution in [3.8, 4) is 0 Å². The summed E-state index contributed by atoms with van der Waals surface area (Å²) in [5.41, 5.74) is 1.40. The molecule has 0 saturated carbocycles. The molecule has 0 spiro atoms. The van der Waals surface area contributed by atoms with Crippen LogP contribution in [-0.4, -0.2) is 6.29 Å². The van der Waals surface area contributed by atoms with Crippen LogP contribution in [0.5, 0.6) is 0 Å². The highest BCUT2D eigenvalue weighted by molar-refractivity contribution is 5.73. The quantitative estimate of drug-likeness (QED) is 0.516. The molecule has 0 bridgehead atoms. The Labute approximate surface area is 69.7 Å². The molecule has 3 heteroatoms. The Balaban J connectivity index is 2.84. The summed E-state index contributed by atoms with van der Waals surface area (Å²) >= 11 is 0. The highest BCUT2D eigenvalue weighted by Gasteiger charge is 1.94. The number of allylic oxidation sites excluding steroid dienone is 1. The molecular weight excluding hydrogens is 154 g/mol. The Hall–Kier alpha value is -1.77. The molecule has 1 aromatic carbocycles. The van der Waals surface area contributed by atoms with E-state index in [2.05, 4.69) is 0 Å². The molecule has 0 aliphatic heterocycles. The first-order chi connectivity index (χ1) is 5.86. The molecule has 0 amide bonds. The van der Waals surface area contributed by atoms with Crippen LogP contribution in [0.1, 0.15) is 5.56 Å². The molecule has 1 rings (SSSR count). The highest BCUT2D eigenvalue weighted by atomic mass is 16.3. The summed E-state index contributed by atoms with van der Waals surface area (Å²) in [6.45, 7) is 0. The topological polar surface area (TPSA) is 48.1 Å². The Kier molecular flexibility index (Phi) is 2.90. The largest absolute Gasteiger partial charge is 0.299 e. The maximum Gasteiger partial charge on any atom is 0.253 e. The van der Waals surface area contributed by atoms with Crippen LogP contribution in [-0.2, 0) is 4.79 Å². The van der Waals surface area contributed by atoms with Crippen molar-refractivity contribution in [2.24, 2.45) is 0 Å². The van der Waals surface area contributed by atoms with Gasteiger partial charge in [-0.05, 0) is 23.8 Å². The minimum Gasteiger partial charge on any atom is -0.299 e. The number of nitrogens with one attached hydrogen (secondary N) is 1. The zero-order valence-electron chi connectivity index (χ0n) is 6.36. The second-order valence-corrected chi connectivity index (χ2v) is 2.22. The number of rotatable bonds is 3. The van der Waals surface area contributed by atoms with Gasteiger partial charge in [0, 0.05) is 22.2 Å². The van der Waals surface area contributed by atoms with Crippen LogP contribution in [0.2, 0.25) is 0 Å². The number of nitroso groups, excluding NO2 is 1. The third kappa shape index (κ3) is 2.12. The molecule has 1 N–H and O–H groups in total. The first-order valence-corrected chi connectivity index (χ1v) is 3.47. The number of benzene rings is 1. The summed E-state index contributed by atoms with van der Waals surface area (Å²) in [4.78, 5) is 20.1. The van der Waals surface area contributed by atoms with Gasteiger partial charge in [0.15, 0.2) is 0 Å². The van der Waals surface area contributed by atoms with Crippen molar-refractivity contribution in [3.63, 3.8) is 0 Å². The highest BCUT2D eigenvalue weighted by Crippen LogP contribution is 2.05. The lowest BCUT2D eigenvalue weighted by Crippen LogP contribution is -2.55. The zero-order chi connectivity index (χ0) is 8.81. The van der Waals surface area contributed by atoms with Crippen LogP contribution in [0.15, 0.2) is 30.3 Å². The number of carbonyl (C=O) groups excluding carboxylic acids is 1. The molecule has 0 aromatic heterocycles. The van der Waals surface area contributed by atoms with Gasteiger partial charge in [-0.2, -0.15) is 0 Å². The van der Waals surface area contributed by atoms with E-state index in [-0.39, 0.29) is 0 Å². The number of hydrogen-bond acceptors (Lipinski definition) is 2. The predicted molar refractivity (Wildman–Crippen MR) is 45.5 cm³/mol. The van der Waals surface area contributed by atoms with Crippen molar-refractivity contribution in [1.82, 2.24) is 0 Å². The van der Waals surface area contributed by atoms with E-state index >= 15 is 0 Å². The summed E-state index contributed by atoms with van der Waals surface area (Å²) < 4.78 is 0. The molecule has 3 nitrogen and oxygen atoms in total. The fourth-order valence-corrected chi connectivity index (χ4v) is 0.813. The molecule has 0 heterocycles. The zero-order valence-corrected chi connectivity index (χ0v) is 6.36. The van der Waals surface area contributed by atoms with E-state index in [0.29, 0.717) is 12.0 Å². The van der Waals surface area contributed by atoms with E-state index < -0.39 is 0 Å². The second-order valence-electron chi connectivity index (χ2n) is 2.22. The van der Waals surface area contributed by atoms with Gasteiger partial charge in [0.2, 0.25) is 0 Å². The predicted octanol–water partition coefficient (Wildman–Crippen LogP) is 0.377. The van der Waals surface area contributed by atoms with E-state index in [0.717, 1.165) is 5.56 Å². The fourth-order valence-electron chi connectivity index (χ4n) is 0.813. The van der Waals surface area contributed by atoms with Crippen LogP contribution in [0.4, 0.5) is 5.69 Å². The standard InChI is InChI=1S/C9H7NO2/c11-7-1-2-8-3-5-9(10-12)6-4-8/h1-7H/p+1/b2-1+. The first kappa shape index (κ1) is 8.33. The smallest absolute Gasteiger partial charge is 0.253 e. The molecule has 0 saturated heterocycles. The van der Waals surface area contributed by atoms with E-state index in [4.69, 9.17) is 0 Å². The van der Waals surface area contributed by atoms with Gasteiger partial charge in [0.1, 0.15) is 6.29 Å². The third-order valence-electron chi connectivity index (χ3n) is 1.40. The summed E-state index contributed by atoms with van der Waals surface area (Å²) in [5.74, 6) is 0. The molecule has 0 fully saturated rings. The molecule has 1 aromatic rings. The summed E-state index contributed by atoms with van der Waals surface area (Å²) in [6, 6.07) is 6.80. The SMILES string of the molecule is O=C/C=C/c1ccc([NH+]=O)cc1. The molecule has 0 aliphatic rings. The van der Waals surface area contributed by atoms with Gasteiger partial charge < -0.3 is 0 Å². The van der Waals surface area contributed by atoms with Crippen molar-refractivity contribution in [3.05, 3.63) is 40.8 Å². The van der Waals surface area contributed by atoms with Gasteiger partial charge in [-0.3, -0.25) is 4.79 Å². The van der Waals surface area contributed by atoms with Gasteiger partial charge in [-0.1, -0.05) is 6.08 Å². The molecule has 0 atom stereocenters. The Morgan fingerprint density at radius 1 is 1.17 bits per heavy atom. The Morgan fingerprint density at radius 2 is 1.83 bits per heavy atom. The lowest BCUT2D eigenvalue weighted by Gasteiger charge is -1.87. The molecule has 0 unspecified atom stereocenters. The number of aldehydes is 1. The number of carbonyl (C=O) groups is 1. The van der Waals surface area contributed by atoms with Crippen molar-refractivity contribution in [1.29, 1.82) is 0 Å². The monoisotopic (exact) mass is 162 g/mol. The van der Waals surface area contributed by atoms with Gasteiger partial charge in [0.05, 0.1) is 0 Å². The van der Waals surface area contributed by atoms with E-state index in [1.165, 1.54) is 6.08 Å². The van der Waals surface area contributed by atoms with Crippen LogP contribution in [0, 0.1) is 4.91 Å². The van der Waals surface area contributed by atoms with Gasteiger partial charge in [-0.25, -0.2) is 0 Å². The van der Waals surface area contributed by atoms with E-state index in [1.54, 1.807) is 35.5 Å². The van der Waals surface area contributed by atoms with Crippen LogP contribution in [0.3, 0.4) is 0 Å². The average Bonchev–Trinajstić information content (AvgIpc) is 2.15. The average molecular weight is 162 g/mol. The molecule has 60 valence electrons. The third-order valence-corrected chi connectivity index (χ3v) is 1.40. The molecular formula is C9H8NO2+. The van der Waals surface area contributed by atoms with Gasteiger partial charge >= 0.3 is 0 Å². The molecule has 0 aliphatic carbocycles. The van der Waals surface area contributed by atoms with Crippen molar-refractivity contribution in [2.75, 3.05) is 0 Å². The maximum atomic E-state index is 10.1. The Bertz CT molecular complexity index is 301. The van der Waals surface area contributed by atoms with Gasteiger partial charge in [0.25, 0.3) is 5.69 Å². The van der Waals surface area contributed by atoms with Gasteiger partial charge in [-0.15, -0.1) is 0 Å². The summed E-state index contributed by atoms with van der Waals surface area (Å²) in [5, 5.41) is 1.77. The van der Waals surface area contributed by atoms with Crippen LogP contribution in [0.25, 0.3) is 6.08 Å². The molecule has 0 radical (unpaired) electrons. The van der Waals surface area contributed by atoms with Crippen molar-refractivity contribution < 1.29 is 9.97 Å². The fraction of sp³-hybridized carbons (Fsp3) is 0. The summed E-state index contributed by atoms with van der Waals surface area (Å²) in [7, 11) is 0. The normalized spacial score (nSPS) is 10.0. The van der Waals surface area contributed by atoms with Crippen LogP contribution >= 0.6 is 0 Å². The minimum absolute atomic E-state index is 0.512.